The van der Waals surface area contributed by atoms with Crippen molar-refractivity contribution in [3.05, 3.63) is 0 Å². The molecule has 0 aliphatic rings. The van der Waals surface area contributed by atoms with Crippen LogP contribution < -0.4 is 0 Å². The minimum absolute atomic E-state index is 0. The number of hydrogen-bond donors (Lipinski definition) is 0. The molecule has 0 atom stereocenters. The standard InChI is InChI=1S/43CH4/h43*1H4. The molecule has 0 aromatic carbocycles. The van der Waals surface area contributed by atoms with E-state index in [4.69, 9.17) is 0 Å². The van der Waals surface area contributed by atoms with Crippen LogP contribution in [0, 0.1) is 0 Å². The van der Waals surface area contributed by atoms with Gasteiger partial charge in [0.15, 0.2) is 0 Å². The molecule has 0 heteroatoms. The lowest BCUT2D eigenvalue weighted by atomic mass is 12.0. The van der Waals surface area contributed by atoms with Gasteiger partial charge >= 0.3 is 0 Å². The molecule has 0 unspecified atom stereocenters. The molecule has 0 aromatic heterocycles. The van der Waals surface area contributed by atoms with E-state index in [1.165, 1.54) is 0 Å². The molecule has 344 valence electrons. The predicted molar refractivity (Wildman–Crippen MR) is 289 cm³/mol. The van der Waals surface area contributed by atoms with Crippen LogP contribution in [-0.2, 0) is 0 Å². The van der Waals surface area contributed by atoms with Crippen molar-refractivity contribution >= 4 is 0 Å². The van der Waals surface area contributed by atoms with Crippen molar-refractivity contribution in [1.82, 2.24) is 0 Å². The van der Waals surface area contributed by atoms with Crippen LogP contribution in [0.1, 0.15) is 319 Å². The number of hydrogen-bond acceptors (Lipinski definition) is 0. The van der Waals surface area contributed by atoms with E-state index in [0.717, 1.165) is 0 Å². The van der Waals surface area contributed by atoms with Crippen molar-refractivity contribution in [3.63, 3.8) is 0 Å². The summed E-state index contributed by atoms with van der Waals surface area (Å²) in [7, 11) is 0. The third-order valence-corrected chi connectivity index (χ3v) is 0. The van der Waals surface area contributed by atoms with Crippen molar-refractivity contribution in [2.45, 2.75) is 319 Å². The summed E-state index contributed by atoms with van der Waals surface area (Å²) >= 11 is 0. The van der Waals surface area contributed by atoms with Crippen molar-refractivity contribution in [3.8, 4) is 0 Å². The summed E-state index contributed by atoms with van der Waals surface area (Å²) in [5, 5.41) is 0. The van der Waals surface area contributed by atoms with E-state index in [1.807, 2.05) is 0 Å². The second-order valence-electron chi connectivity index (χ2n) is 0. The van der Waals surface area contributed by atoms with E-state index in [0.29, 0.717) is 0 Å². The van der Waals surface area contributed by atoms with Crippen LogP contribution in [0.25, 0.3) is 0 Å². The summed E-state index contributed by atoms with van der Waals surface area (Å²) in [6.07, 6.45) is 0. The minimum atomic E-state index is 0. The SMILES string of the molecule is C.C.C.C.C.C.C.C.C.C.C.C.C.C.C.C.C.C.C.C.C.C.C.C.C.C.C.C.C.C.C.C.C.C.C.C.C.C.C.C.C.C.C. The van der Waals surface area contributed by atoms with Gasteiger partial charge in [-0.25, -0.2) is 0 Å². The van der Waals surface area contributed by atoms with Crippen molar-refractivity contribution < 1.29 is 0 Å². The van der Waals surface area contributed by atoms with Crippen LogP contribution in [-0.4, -0.2) is 0 Å². The van der Waals surface area contributed by atoms with Crippen molar-refractivity contribution in [2.24, 2.45) is 0 Å². The molecule has 0 amide bonds. The van der Waals surface area contributed by atoms with Gasteiger partial charge in [0.25, 0.3) is 0 Å². The monoisotopic (exact) mass is 689 g/mol. The highest BCUT2D eigenvalue weighted by Gasteiger charge is -0.0356. The normalized spacial score (nSPS) is 0. The van der Waals surface area contributed by atoms with Crippen LogP contribution in [0.3, 0.4) is 0 Å². The molecule has 0 nitrogen and oxygen atoms in total. The van der Waals surface area contributed by atoms with Gasteiger partial charge in [-0.15, -0.1) is 0 Å². The molecule has 0 N–H and O–H groups in total. The second kappa shape index (κ2) is 0. The lowest BCUT2D eigenvalue weighted by Crippen LogP contribution is 0.143. The van der Waals surface area contributed by atoms with E-state index in [-0.39, 0.29) is 319 Å². The fraction of sp³-hybridized carbons (Fsp3) is 1.00. The van der Waals surface area contributed by atoms with Crippen molar-refractivity contribution in [2.75, 3.05) is 0 Å². The first-order valence-corrected chi connectivity index (χ1v) is 0. The third kappa shape index (κ3) is 0. The lowest BCUT2D eigenvalue weighted by molar-refractivity contribution is 2.50. The van der Waals surface area contributed by atoms with E-state index in [1.54, 1.807) is 0 Å². The summed E-state index contributed by atoms with van der Waals surface area (Å²) < 4.78 is 0. The summed E-state index contributed by atoms with van der Waals surface area (Å²) in [6, 6.07) is 0. The smallest absolute Gasteiger partial charge is 0.0776 e. The van der Waals surface area contributed by atoms with E-state index in [9.17, 15) is 0 Å². The average molecular weight is 690 g/mol. The highest BCUT2D eigenvalue weighted by atomic mass is 12.1. The summed E-state index contributed by atoms with van der Waals surface area (Å²) in [5.74, 6) is 0. The Kier molecular flexibility index (Phi) is 0. The van der Waals surface area contributed by atoms with Crippen LogP contribution in [0.15, 0.2) is 0 Å². The fourth-order valence-electron chi connectivity index (χ4n) is 0. The lowest BCUT2D eigenvalue weighted by Gasteiger charge is -0.0786. The molecule has 0 fully saturated rings. The quantitative estimate of drug-likeness (QED) is 0.237. The predicted octanol–water partition coefficient (Wildman–Crippen LogP) is 27.4. The maximum Gasteiger partial charge on any atom is -0.0776 e. The van der Waals surface area contributed by atoms with Gasteiger partial charge in [0.2, 0.25) is 0 Å². The zero-order valence-corrected chi connectivity index (χ0v) is 0. The van der Waals surface area contributed by atoms with Gasteiger partial charge in [-0.05, 0) is 0 Å². The first kappa shape index (κ1) is 0. The highest BCUT2D eigenvalue weighted by Crippen LogP contribution is 0.186. The van der Waals surface area contributed by atoms with Crippen molar-refractivity contribution in [1.29, 1.82) is 0 Å². The molecule has 0 spiro atoms. The van der Waals surface area contributed by atoms with Gasteiger partial charge in [-0.2, -0.15) is 0 Å². The number of rotatable bonds is 0. The average Bonchev–Trinajstić information content (AvgIpc) is 0. The van der Waals surface area contributed by atoms with Gasteiger partial charge in [0.05, 0.1) is 0 Å². The third-order valence-electron chi connectivity index (χ3n) is 0. The van der Waals surface area contributed by atoms with Gasteiger partial charge in [0.1, 0.15) is 0 Å². The molecule has 0 bridgehead atoms. The second-order valence-corrected chi connectivity index (χ2v) is 0. The topological polar surface area (TPSA) is 0 Å². The van der Waals surface area contributed by atoms with Crippen LogP contribution in [0.2, 0.25) is 0 Å². The Labute approximate surface area is 318 Å². The van der Waals surface area contributed by atoms with Gasteiger partial charge in [-0.1, -0.05) is 319 Å². The molecular formula is C43H172. The van der Waals surface area contributed by atoms with E-state index in [2.05, 4.69) is 0 Å². The first-order chi connectivity index (χ1) is 0. The van der Waals surface area contributed by atoms with E-state index < -0.39 is 0 Å². The molecule has 0 aliphatic carbocycles. The van der Waals surface area contributed by atoms with Gasteiger partial charge in [-0.3, -0.25) is 0 Å². The molecule has 0 heterocycles. The van der Waals surface area contributed by atoms with Crippen LogP contribution in [0.4, 0.5) is 0 Å². The van der Waals surface area contributed by atoms with Crippen LogP contribution >= 0.6 is 0 Å². The Balaban J connectivity index is 0. The highest BCUT2D eigenvalue weighted by molar-refractivity contribution is 2.55. The molecular weight excluding hydrogens is 516 g/mol. The Morgan fingerprint density at radius 1 is 0.0233 bits per heavy atom. The largest absolute Gasteiger partial charge is 0.0776 e. The molecule has 0 radical (unpaired) electrons. The maximum absolute atomic E-state index is 0. The summed E-state index contributed by atoms with van der Waals surface area (Å²) in [5.41, 5.74) is 0. The van der Waals surface area contributed by atoms with Gasteiger partial charge < -0.3 is 0 Å². The molecule has 0 saturated carbocycles. The Hall–Kier alpha value is 0. The molecule has 43 heavy (non-hydrogen) atoms. The zero-order chi connectivity index (χ0) is 0. The first-order valence-electron chi connectivity index (χ1n) is 0. The molecule has 0 aliphatic heterocycles. The van der Waals surface area contributed by atoms with Crippen LogP contribution in [0.5, 0.6) is 0 Å². The molecule has 0 aromatic rings. The summed E-state index contributed by atoms with van der Waals surface area (Å²) in [6.45, 7) is 0. The zero-order valence-electron chi connectivity index (χ0n) is 0. The molecule has 0 rings (SSSR count). The Morgan fingerprint density at radius 3 is 0.0233 bits per heavy atom. The fourth-order valence-corrected chi connectivity index (χ4v) is 0. The van der Waals surface area contributed by atoms with Gasteiger partial charge in [0, 0.05) is 0 Å². The summed E-state index contributed by atoms with van der Waals surface area (Å²) in [4.78, 5) is 0. The minimum Gasteiger partial charge on any atom is -0.0776 e. The Morgan fingerprint density at radius 2 is 0.0233 bits per heavy atom. The Bertz CT molecular complexity index is 0. The molecule has 0 saturated heterocycles. The maximum atomic E-state index is 0. The van der Waals surface area contributed by atoms with E-state index >= 15 is 0 Å².